The Balaban J connectivity index is 2.32. The summed E-state index contributed by atoms with van der Waals surface area (Å²) in [6.45, 7) is 6.62. The van der Waals surface area contributed by atoms with Gasteiger partial charge in [-0.05, 0) is 12.0 Å². The molecule has 1 aromatic carbocycles. The Morgan fingerprint density at radius 2 is 1.74 bits per heavy atom. The molecule has 1 atom stereocenters. The smallest absolute Gasteiger partial charge is 0.0829 e. The van der Waals surface area contributed by atoms with Gasteiger partial charge in [-0.3, -0.25) is 0 Å². The van der Waals surface area contributed by atoms with E-state index in [4.69, 9.17) is 4.74 Å². The van der Waals surface area contributed by atoms with Crippen molar-refractivity contribution in [3.05, 3.63) is 48.6 Å². The molecule has 106 valence electrons. The minimum absolute atomic E-state index is 0.227. The lowest BCUT2D eigenvalue weighted by Crippen LogP contribution is -2.04. The summed E-state index contributed by atoms with van der Waals surface area (Å²) in [7, 11) is 0. The topological polar surface area (TPSA) is 9.23 Å². The van der Waals surface area contributed by atoms with Crippen LogP contribution in [0.4, 0.5) is 0 Å². The van der Waals surface area contributed by atoms with Gasteiger partial charge in [0.25, 0.3) is 0 Å². The zero-order valence-electron chi connectivity index (χ0n) is 12.3. The predicted octanol–water partition coefficient (Wildman–Crippen LogP) is 5.68. The zero-order chi connectivity index (χ0) is 13.8. The molecule has 1 nitrogen and oxygen atoms in total. The van der Waals surface area contributed by atoms with Gasteiger partial charge < -0.3 is 4.74 Å². The molecule has 0 saturated carbocycles. The van der Waals surface area contributed by atoms with Gasteiger partial charge in [0.05, 0.1) is 12.7 Å². The second-order valence-electron chi connectivity index (χ2n) is 5.08. The molecule has 0 fully saturated rings. The van der Waals surface area contributed by atoms with Crippen molar-refractivity contribution in [1.29, 1.82) is 0 Å². The molecule has 0 amide bonds. The monoisotopic (exact) mass is 260 g/mol. The minimum Gasteiger partial charge on any atom is -0.369 e. The van der Waals surface area contributed by atoms with Crippen LogP contribution in [0, 0.1) is 0 Å². The third kappa shape index (κ3) is 7.17. The maximum atomic E-state index is 5.89. The van der Waals surface area contributed by atoms with E-state index in [0.717, 1.165) is 6.42 Å². The lowest BCUT2D eigenvalue weighted by atomic mass is 10.0. The Labute approximate surface area is 118 Å². The van der Waals surface area contributed by atoms with E-state index in [-0.39, 0.29) is 6.10 Å². The van der Waals surface area contributed by atoms with Gasteiger partial charge in [0.1, 0.15) is 0 Å². The SMILES string of the molecule is C=CCOC(CCCCCCCC)c1ccccc1. The standard InChI is InChI=1S/C18H28O/c1-3-5-6-7-8-12-15-18(19-16-4-2)17-13-10-9-11-14-17/h4,9-11,13-14,18H,2-3,5-8,12,15-16H2,1H3. The first-order chi connectivity index (χ1) is 9.38. The van der Waals surface area contributed by atoms with Crippen molar-refractivity contribution in [2.24, 2.45) is 0 Å². The first-order valence-electron chi connectivity index (χ1n) is 7.66. The van der Waals surface area contributed by atoms with E-state index in [2.05, 4.69) is 43.8 Å². The lowest BCUT2D eigenvalue weighted by Gasteiger charge is -2.17. The van der Waals surface area contributed by atoms with Crippen molar-refractivity contribution in [3.63, 3.8) is 0 Å². The third-order valence-electron chi connectivity index (χ3n) is 3.41. The van der Waals surface area contributed by atoms with Crippen LogP contribution in [0.3, 0.4) is 0 Å². The largest absolute Gasteiger partial charge is 0.369 e. The maximum absolute atomic E-state index is 5.89. The Bertz CT molecular complexity index is 318. The maximum Gasteiger partial charge on any atom is 0.0829 e. The van der Waals surface area contributed by atoms with Gasteiger partial charge in [-0.25, -0.2) is 0 Å². The van der Waals surface area contributed by atoms with Crippen LogP contribution in [0.5, 0.6) is 0 Å². The molecule has 0 saturated heterocycles. The van der Waals surface area contributed by atoms with Gasteiger partial charge >= 0.3 is 0 Å². The second-order valence-corrected chi connectivity index (χ2v) is 5.08. The van der Waals surface area contributed by atoms with Crippen molar-refractivity contribution in [1.82, 2.24) is 0 Å². The minimum atomic E-state index is 0.227. The van der Waals surface area contributed by atoms with Gasteiger partial charge in [0, 0.05) is 0 Å². The fourth-order valence-corrected chi connectivity index (χ4v) is 2.31. The molecule has 0 heterocycles. The van der Waals surface area contributed by atoms with E-state index in [1.807, 2.05) is 6.08 Å². The van der Waals surface area contributed by atoms with Gasteiger partial charge in [-0.1, -0.05) is 81.9 Å². The molecule has 19 heavy (non-hydrogen) atoms. The van der Waals surface area contributed by atoms with Gasteiger partial charge in [-0.15, -0.1) is 6.58 Å². The van der Waals surface area contributed by atoms with Crippen LogP contribution in [0.25, 0.3) is 0 Å². The molecule has 0 N–H and O–H groups in total. The van der Waals surface area contributed by atoms with Crippen LogP contribution >= 0.6 is 0 Å². The molecule has 1 heteroatoms. The normalized spacial score (nSPS) is 12.3. The summed E-state index contributed by atoms with van der Waals surface area (Å²) in [6.07, 6.45) is 11.2. The number of benzene rings is 1. The highest BCUT2D eigenvalue weighted by molar-refractivity contribution is 5.17. The third-order valence-corrected chi connectivity index (χ3v) is 3.41. The fourth-order valence-electron chi connectivity index (χ4n) is 2.31. The molecular weight excluding hydrogens is 232 g/mol. The first-order valence-corrected chi connectivity index (χ1v) is 7.66. The number of unbranched alkanes of at least 4 members (excludes halogenated alkanes) is 5. The summed E-state index contributed by atoms with van der Waals surface area (Å²) in [4.78, 5) is 0. The van der Waals surface area contributed by atoms with Gasteiger partial charge in [-0.2, -0.15) is 0 Å². The van der Waals surface area contributed by atoms with E-state index in [0.29, 0.717) is 6.61 Å². The van der Waals surface area contributed by atoms with E-state index in [9.17, 15) is 0 Å². The van der Waals surface area contributed by atoms with Gasteiger partial charge in [0.15, 0.2) is 0 Å². The Morgan fingerprint density at radius 1 is 1.05 bits per heavy atom. The second kappa shape index (κ2) is 10.8. The van der Waals surface area contributed by atoms with E-state index >= 15 is 0 Å². The van der Waals surface area contributed by atoms with Gasteiger partial charge in [0.2, 0.25) is 0 Å². The lowest BCUT2D eigenvalue weighted by molar-refractivity contribution is 0.0654. The van der Waals surface area contributed by atoms with Crippen LogP contribution in [-0.4, -0.2) is 6.61 Å². The average molecular weight is 260 g/mol. The first kappa shape index (κ1) is 16.0. The Hall–Kier alpha value is -1.08. The number of hydrogen-bond acceptors (Lipinski definition) is 1. The Kier molecular flexibility index (Phi) is 9.09. The fraction of sp³-hybridized carbons (Fsp3) is 0.556. The van der Waals surface area contributed by atoms with Crippen LogP contribution < -0.4 is 0 Å². The zero-order valence-corrected chi connectivity index (χ0v) is 12.3. The molecule has 0 radical (unpaired) electrons. The number of ether oxygens (including phenoxy) is 1. The van der Waals surface area contributed by atoms with Crippen LogP contribution in [0.15, 0.2) is 43.0 Å². The molecule has 0 aliphatic heterocycles. The van der Waals surface area contributed by atoms with Crippen molar-refractivity contribution in [2.45, 2.75) is 58.0 Å². The summed E-state index contributed by atoms with van der Waals surface area (Å²) < 4.78 is 5.89. The van der Waals surface area contributed by atoms with E-state index in [1.54, 1.807) is 0 Å². The molecule has 1 unspecified atom stereocenters. The van der Waals surface area contributed by atoms with Crippen LogP contribution in [-0.2, 0) is 4.74 Å². The Morgan fingerprint density at radius 3 is 2.42 bits per heavy atom. The number of hydrogen-bond donors (Lipinski definition) is 0. The summed E-state index contributed by atoms with van der Waals surface area (Å²) in [5, 5.41) is 0. The molecule has 0 aromatic heterocycles. The van der Waals surface area contributed by atoms with E-state index < -0.39 is 0 Å². The molecule has 0 bridgehead atoms. The van der Waals surface area contributed by atoms with Crippen molar-refractivity contribution >= 4 is 0 Å². The summed E-state index contributed by atoms with van der Waals surface area (Å²) in [6, 6.07) is 10.5. The van der Waals surface area contributed by atoms with Crippen molar-refractivity contribution in [3.8, 4) is 0 Å². The molecular formula is C18H28O. The quantitative estimate of drug-likeness (QED) is 0.367. The van der Waals surface area contributed by atoms with Crippen molar-refractivity contribution < 1.29 is 4.74 Å². The molecule has 0 spiro atoms. The summed E-state index contributed by atoms with van der Waals surface area (Å²) in [5.41, 5.74) is 1.29. The molecule has 1 rings (SSSR count). The van der Waals surface area contributed by atoms with E-state index in [1.165, 1.54) is 44.1 Å². The molecule has 0 aliphatic carbocycles. The average Bonchev–Trinajstić information content (AvgIpc) is 2.46. The summed E-state index contributed by atoms with van der Waals surface area (Å²) in [5.74, 6) is 0. The molecule has 1 aromatic rings. The number of rotatable bonds is 11. The van der Waals surface area contributed by atoms with Crippen LogP contribution in [0.1, 0.15) is 63.5 Å². The van der Waals surface area contributed by atoms with Crippen LogP contribution in [0.2, 0.25) is 0 Å². The summed E-state index contributed by atoms with van der Waals surface area (Å²) >= 11 is 0. The van der Waals surface area contributed by atoms with Crippen molar-refractivity contribution in [2.75, 3.05) is 6.61 Å². The highest BCUT2D eigenvalue weighted by atomic mass is 16.5. The molecule has 0 aliphatic rings. The highest BCUT2D eigenvalue weighted by Crippen LogP contribution is 2.24. The highest BCUT2D eigenvalue weighted by Gasteiger charge is 2.10. The predicted molar refractivity (Wildman–Crippen MR) is 83.3 cm³/mol.